The van der Waals surface area contributed by atoms with E-state index in [1.165, 1.54) is 6.20 Å². The molecule has 0 fully saturated rings. The summed E-state index contributed by atoms with van der Waals surface area (Å²) in [5.74, 6) is 1.23. The van der Waals surface area contributed by atoms with E-state index in [1.54, 1.807) is 60.9 Å². The van der Waals surface area contributed by atoms with Gasteiger partial charge in [-0.15, -0.1) is 0 Å². The van der Waals surface area contributed by atoms with Crippen molar-refractivity contribution in [2.75, 3.05) is 11.1 Å². The minimum atomic E-state index is -0.345. The summed E-state index contributed by atoms with van der Waals surface area (Å²) < 4.78 is 5.90. The Morgan fingerprint density at radius 2 is 1.89 bits per heavy atom. The summed E-state index contributed by atoms with van der Waals surface area (Å²) in [5, 5.41) is 3.48. The third kappa shape index (κ3) is 3.67. The lowest BCUT2D eigenvalue weighted by atomic mass is 10.2. The predicted octanol–water partition coefficient (Wildman–Crippen LogP) is 3.65. The maximum Gasteiger partial charge on any atom is 0.275 e. The molecular weight excluding hydrogens is 342 g/mol. The Morgan fingerprint density at radius 1 is 0.963 bits per heavy atom. The topological polar surface area (TPSA) is 103 Å². The van der Waals surface area contributed by atoms with Crippen molar-refractivity contribution in [1.82, 2.24) is 15.0 Å². The lowest BCUT2D eigenvalue weighted by Gasteiger charge is -2.09. The molecule has 3 aromatic heterocycles. The average molecular weight is 357 g/mol. The van der Waals surface area contributed by atoms with Crippen molar-refractivity contribution in [2.24, 2.45) is 0 Å². The summed E-state index contributed by atoms with van der Waals surface area (Å²) in [6.07, 6.45) is 4.76. The van der Waals surface area contributed by atoms with Gasteiger partial charge in [0.15, 0.2) is 0 Å². The number of fused-ring (bicyclic) bond motifs is 1. The van der Waals surface area contributed by atoms with Crippen LogP contribution in [0.25, 0.3) is 10.9 Å². The first-order chi connectivity index (χ1) is 13.2. The van der Waals surface area contributed by atoms with Gasteiger partial charge >= 0.3 is 0 Å². The highest BCUT2D eigenvalue weighted by Crippen LogP contribution is 2.29. The number of nitrogens with zero attached hydrogens (tertiary/aromatic N) is 3. The lowest BCUT2D eigenvalue weighted by molar-refractivity contribution is 0.102. The van der Waals surface area contributed by atoms with Gasteiger partial charge in [-0.1, -0.05) is 6.07 Å². The van der Waals surface area contributed by atoms with Crippen LogP contribution in [0.3, 0.4) is 0 Å². The molecule has 0 aliphatic carbocycles. The molecule has 7 heteroatoms. The number of aromatic nitrogens is 3. The zero-order valence-corrected chi connectivity index (χ0v) is 14.2. The number of amides is 1. The van der Waals surface area contributed by atoms with E-state index in [1.807, 2.05) is 6.07 Å². The fourth-order valence-corrected chi connectivity index (χ4v) is 2.55. The van der Waals surface area contributed by atoms with Crippen LogP contribution in [0.1, 0.15) is 10.5 Å². The van der Waals surface area contributed by atoms with Crippen molar-refractivity contribution < 1.29 is 9.53 Å². The molecule has 0 aliphatic heterocycles. The van der Waals surface area contributed by atoms with E-state index in [2.05, 4.69) is 20.3 Å². The number of rotatable bonds is 4. The lowest BCUT2D eigenvalue weighted by Crippen LogP contribution is -2.14. The minimum Gasteiger partial charge on any atom is -0.455 e. The second kappa shape index (κ2) is 7.09. The Morgan fingerprint density at radius 3 is 2.67 bits per heavy atom. The standard InChI is InChI=1S/C20H15N5O2/c21-13-4-6-16-15(11-13)18(8-10-22-16)27-14-5-7-17(24-12-14)20(26)25-19-3-1-2-9-23-19/h1-12H,21H2,(H,23,25,26). The highest BCUT2D eigenvalue weighted by molar-refractivity contribution is 6.02. The molecule has 0 atom stereocenters. The Labute approximate surface area is 154 Å². The molecule has 132 valence electrons. The van der Waals surface area contributed by atoms with Crippen LogP contribution < -0.4 is 15.8 Å². The van der Waals surface area contributed by atoms with Crippen LogP contribution in [0.2, 0.25) is 0 Å². The molecule has 3 heterocycles. The van der Waals surface area contributed by atoms with Gasteiger partial charge in [0.25, 0.3) is 5.91 Å². The number of carbonyl (C=O) groups is 1. The molecule has 0 aliphatic rings. The molecule has 4 rings (SSSR count). The van der Waals surface area contributed by atoms with Crippen LogP contribution in [-0.4, -0.2) is 20.9 Å². The van der Waals surface area contributed by atoms with Crippen molar-refractivity contribution in [2.45, 2.75) is 0 Å². The molecule has 0 saturated carbocycles. The van der Waals surface area contributed by atoms with Crippen LogP contribution in [0.4, 0.5) is 11.5 Å². The number of hydrogen-bond donors (Lipinski definition) is 2. The molecule has 0 saturated heterocycles. The molecule has 1 aromatic carbocycles. The number of nitrogen functional groups attached to an aromatic ring is 1. The van der Waals surface area contributed by atoms with Gasteiger partial charge in [-0.05, 0) is 48.5 Å². The Hall–Kier alpha value is -4.00. The number of anilines is 2. The number of benzene rings is 1. The maximum atomic E-state index is 12.2. The normalized spacial score (nSPS) is 10.5. The van der Waals surface area contributed by atoms with Crippen molar-refractivity contribution >= 4 is 28.3 Å². The molecule has 0 bridgehead atoms. The summed E-state index contributed by atoms with van der Waals surface area (Å²) >= 11 is 0. The molecular formula is C20H15N5O2. The summed E-state index contributed by atoms with van der Waals surface area (Å²) in [6.45, 7) is 0. The minimum absolute atomic E-state index is 0.261. The first-order valence-electron chi connectivity index (χ1n) is 8.19. The van der Waals surface area contributed by atoms with Crippen LogP contribution in [0.5, 0.6) is 11.5 Å². The predicted molar refractivity (Wildman–Crippen MR) is 103 cm³/mol. The van der Waals surface area contributed by atoms with Crippen LogP contribution in [0.15, 0.2) is 73.2 Å². The average Bonchev–Trinajstić information content (AvgIpc) is 2.70. The zero-order valence-electron chi connectivity index (χ0n) is 14.2. The second-order valence-electron chi connectivity index (χ2n) is 5.74. The van der Waals surface area contributed by atoms with Gasteiger partial charge in [-0.3, -0.25) is 9.78 Å². The van der Waals surface area contributed by atoms with Crippen LogP contribution in [-0.2, 0) is 0 Å². The highest BCUT2D eigenvalue weighted by atomic mass is 16.5. The Balaban J connectivity index is 1.53. The second-order valence-corrected chi connectivity index (χ2v) is 5.74. The van der Waals surface area contributed by atoms with Gasteiger partial charge < -0.3 is 15.8 Å². The quantitative estimate of drug-likeness (QED) is 0.540. The van der Waals surface area contributed by atoms with E-state index < -0.39 is 0 Å². The van der Waals surface area contributed by atoms with Gasteiger partial charge in [-0.2, -0.15) is 0 Å². The molecule has 0 radical (unpaired) electrons. The van der Waals surface area contributed by atoms with Gasteiger partial charge in [0.1, 0.15) is 23.0 Å². The summed E-state index contributed by atoms with van der Waals surface area (Å²) in [5.41, 5.74) is 7.52. The number of hydrogen-bond acceptors (Lipinski definition) is 6. The van der Waals surface area contributed by atoms with E-state index >= 15 is 0 Å². The van der Waals surface area contributed by atoms with E-state index in [4.69, 9.17) is 10.5 Å². The first-order valence-corrected chi connectivity index (χ1v) is 8.19. The van der Waals surface area contributed by atoms with E-state index in [-0.39, 0.29) is 11.6 Å². The van der Waals surface area contributed by atoms with Gasteiger partial charge in [0, 0.05) is 23.5 Å². The monoisotopic (exact) mass is 357 g/mol. The Kier molecular flexibility index (Phi) is 4.32. The summed E-state index contributed by atoms with van der Waals surface area (Å²) in [4.78, 5) is 24.7. The molecule has 7 nitrogen and oxygen atoms in total. The van der Waals surface area contributed by atoms with Crippen molar-refractivity contribution in [3.63, 3.8) is 0 Å². The first kappa shape index (κ1) is 16.5. The van der Waals surface area contributed by atoms with Crippen molar-refractivity contribution in [3.05, 3.63) is 78.9 Å². The molecule has 0 unspecified atom stereocenters. The highest BCUT2D eigenvalue weighted by Gasteiger charge is 2.10. The van der Waals surface area contributed by atoms with Crippen molar-refractivity contribution in [1.29, 1.82) is 0 Å². The number of pyridine rings is 3. The van der Waals surface area contributed by atoms with Gasteiger partial charge in [0.2, 0.25) is 0 Å². The van der Waals surface area contributed by atoms with Crippen molar-refractivity contribution in [3.8, 4) is 11.5 Å². The smallest absolute Gasteiger partial charge is 0.275 e. The maximum absolute atomic E-state index is 12.2. The zero-order chi connectivity index (χ0) is 18.6. The fourth-order valence-electron chi connectivity index (χ4n) is 2.55. The van der Waals surface area contributed by atoms with Crippen LogP contribution in [0, 0.1) is 0 Å². The van der Waals surface area contributed by atoms with Gasteiger partial charge in [0.05, 0.1) is 11.7 Å². The number of ether oxygens (including phenoxy) is 1. The summed E-state index contributed by atoms with van der Waals surface area (Å²) in [7, 11) is 0. The van der Waals surface area contributed by atoms with E-state index in [9.17, 15) is 4.79 Å². The number of nitrogens with two attached hydrogens (primary N) is 1. The third-order valence-electron chi connectivity index (χ3n) is 3.83. The van der Waals surface area contributed by atoms with Crippen LogP contribution >= 0.6 is 0 Å². The number of carbonyl (C=O) groups excluding carboxylic acids is 1. The fraction of sp³-hybridized carbons (Fsp3) is 0. The molecule has 0 spiro atoms. The SMILES string of the molecule is Nc1ccc2nccc(Oc3ccc(C(=O)Nc4ccccn4)nc3)c2c1. The number of nitrogens with one attached hydrogen (secondary N) is 1. The Bertz CT molecular complexity index is 1100. The summed E-state index contributed by atoms with van der Waals surface area (Å²) in [6, 6.07) is 15.7. The van der Waals surface area contributed by atoms with E-state index in [0.717, 1.165) is 10.9 Å². The largest absolute Gasteiger partial charge is 0.455 e. The molecule has 1 amide bonds. The molecule has 27 heavy (non-hydrogen) atoms. The van der Waals surface area contributed by atoms with E-state index in [0.29, 0.717) is 23.0 Å². The van der Waals surface area contributed by atoms with Gasteiger partial charge in [-0.25, -0.2) is 9.97 Å². The molecule has 4 aromatic rings. The molecule has 3 N–H and O–H groups in total. The third-order valence-corrected chi connectivity index (χ3v) is 3.83.